The Balaban J connectivity index is 0.000000311. The van der Waals surface area contributed by atoms with Gasteiger partial charge in [-0.15, -0.1) is 0 Å². The van der Waals surface area contributed by atoms with Crippen molar-refractivity contribution in [1.82, 2.24) is 26.6 Å². The third-order valence-corrected chi connectivity index (χ3v) is 33.5. The van der Waals surface area contributed by atoms with E-state index < -0.39 is 123 Å². The Hall–Kier alpha value is 2.63. The summed E-state index contributed by atoms with van der Waals surface area (Å²) in [4.78, 5) is 107. The van der Waals surface area contributed by atoms with Gasteiger partial charge in [-0.2, -0.15) is 0 Å². The molecule has 4 unspecified atom stereocenters. The van der Waals surface area contributed by atoms with Crippen LogP contribution in [0.1, 0.15) is 94.3 Å². The van der Waals surface area contributed by atoms with Crippen molar-refractivity contribution in [1.29, 1.82) is 0 Å². The summed E-state index contributed by atoms with van der Waals surface area (Å²) in [6.07, 6.45) is 0.750. The first-order valence-electron chi connectivity index (χ1n) is 26.0. The fraction of sp³-hybridized carbons (Fsp3) is 0.296. The third-order valence-electron chi connectivity index (χ3n) is 13.6. The molecule has 0 bridgehead atoms. The van der Waals surface area contributed by atoms with E-state index in [4.69, 9.17) is 9.47 Å². The average molecular weight is 3000 g/mol. The second kappa shape index (κ2) is 38.1. The highest BCUT2D eigenvalue weighted by atomic mass is 127. The first-order valence-corrected chi connectivity index (χ1v) is 45.3. The lowest BCUT2D eigenvalue weighted by molar-refractivity contribution is -0.151. The highest BCUT2D eigenvalue weighted by Gasteiger charge is 2.46. The Bertz CT molecular complexity index is 3920. The molecule has 22 nitrogen and oxygen atoms in total. The molecule has 5 aromatic carbocycles. The molecular weight excluding hydrogens is 2960 g/mol. The second-order valence-electron chi connectivity index (χ2n) is 20.1. The number of amides is 5. The van der Waals surface area contributed by atoms with Crippen LogP contribution in [0.15, 0.2) is 54.6 Å². The Morgan fingerprint density at radius 3 is 1.05 bits per heavy atom. The third kappa shape index (κ3) is 24.9. The van der Waals surface area contributed by atoms with Gasteiger partial charge in [-0.05, 0) is 426 Å². The summed E-state index contributed by atoms with van der Waals surface area (Å²) in [5, 5.41) is 24.8. The van der Waals surface area contributed by atoms with E-state index in [1.807, 2.05) is 137 Å². The zero-order valence-corrected chi connectivity index (χ0v) is 80.1. The van der Waals surface area contributed by atoms with Crippen molar-refractivity contribution < 1.29 is 78.9 Å². The van der Waals surface area contributed by atoms with Crippen molar-refractivity contribution in [3.63, 3.8) is 0 Å². The molecule has 7 rings (SSSR count). The van der Waals surface area contributed by atoms with Gasteiger partial charge in [-0.1, -0.05) is 0 Å². The minimum absolute atomic E-state index is 0.0631. The quantitative estimate of drug-likeness (QED) is 0.0194. The summed E-state index contributed by atoms with van der Waals surface area (Å²) in [6, 6.07) is 12.3. The molecule has 502 valence electrons. The molecule has 0 aliphatic heterocycles. The van der Waals surface area contributed by atoms with Crippen molar-refractivity contribution in [2.24, 2.45) is 11.8 Å². The highest BCUT2D eigenvalue weighted by Crippen LogP contribution is 2.35. The highest BCUT2D eigenvalue weighted by molar-refractivity contribution is 14.1. The Morgan fingerprint density at radius 1 is 0.398 bits per heavy atom. The van der Waals surface area contributed by atoms with Gasteiger partial charge in [-0.25, -0.2) is 21.6 Å². The number of carboxylic acid groups (broad SMARTS) is 1. The van der Waals surface area contributed by atoms with Crippen molar-refractivity contribution in [2.45, 2.75) is 62.3 Å². The predicted molar refractivity (Wildman–Crippen MR) is 467 cm³/mol. The second-order valence-corrected chi connectivity index (χ2v) is 40.5. The molecule has 93 heavy (non-hydrogen) atoms. The standard InChI is InChI=1S/C31H22I9N3O10S.C23H20I6N2O7S/c32-10-3-13(24(38)16(35)5-10)27(44)42-19-7-12(41-29(46)23-21(30(47)48)15(34)9-18(37)26(23)40)8-20(22(19)31(49)53-1-2-54(50,51)52)43-28(45)14-4-11(33)6-17(36)25(14)39;24-11-5-15(19(28)17(26)7-11)21(32)30-13-3-10(23(34)38-1-2-39(35,36)37)4-14(9-13)31-22(33)16-6-12(25)8-18(27)20(16)29/h3-6,9,12,19-20,22H,1-2,7-8H2,(H,41,46)(H,42,44)(H,43,45)(H,47,48)(H,50,51,52);5-8,10,13-14H,1-4,9H2,(H,30,32)(H,31,33)(H,35,36,37)/p-2. The lowest BCUT2D eigenvalue weighted by Crippen LogP contribution is -2.61. The van der Waals surface area contributed by atoms with Crippen molar-refractivity contribution >= 4 is 407 Å². The largest absolute Gasteiger partial charge is 0.748 e. The van der Waals surface area contributed by atoms with Crippen LogP contribution in [-0.4, -0.2) is 133 Å². The van der Waals surface area contributed by atoms with Crippen LogP contribution >= 0.6 is 339 Å². The predicted octanol–water partition coefficient (Wildman–Crippen LogP) is 12.1. The lowest BCUT2D eigenvalue weighted by atomic mass is 9.77. The van der Waals surface area contributed by atoms with E-state index in [2.05, 4.69) is 252 Å². The normalized spacial score (nSPS) is 18.8. The van der Waals surface area contributed by atoms with Crippen LogP contribution in [0.5, 0.6) is 0 Å². The summed E-state index contributed by atoms with van der Waals surface area (Å²) in [6.45, 7) is -1.31. The smallest absolute Gasteiger partial charge is 0.337 e. The number of benzene rings is 5. The molecule has 0 saturated heterocycles. The maximum absolute atomic E-state index is 14.0. The van der Waals surface area contributed by atoms with Crippen LogP contribution in [0.3, 0.4) is 0 Å². The monoisotopic (exact) mass is 3000 g/mol. The van der Waals surface area contributed by atoms with E-state index in [1.165, 1.54) is 0 Å². The van der Waals surface area contributed by atoms with Gasteiger partial charge < -0.3 is 50.3 Å². The van der Waals surface area contributed by atoms with Gasteiger partial charge >= 0.3 is 17.9 Å². The summed E-state index contributed by atoms with van der Waals surface area (Å²) in [7, 11) is -9.28. The number of carbonyl (C=O) groups excluding carboxylic acids is 7. The summed E-state index contributed by atoms with van der Waals surface area (Å²) >= 11 is 31.1. The number of halogens is 15. The van der Waals surface area contributed by atoms with E-state index in [0.29, 0.717) is 46.5 Å². The fourth-order valence-electron chi connectivity index (χ4n) is 9.66. The zero-order valence-electron chi connectivity index (χ0n) is 46.1. The molecular formula is C54H40I15N5O17S2-2. The molecule has 2 saturated carbocycles. The molecule has 5 aromatic rings. The number of nitrogens with one attached hydrogen (secondary N) is 5. The van der Waals surface area contributed by atoms with Gasteiger partial charge in [0.1, 0.15) is 13.2 Å². The summed E-state index contributed by atoms with van der Waals surface area (Å²) in [5.74, 6) is -9.21. The van der Waals surface area contributed by atoms with Crippen molar-refractivity contribution in [3.05, 3.63) is 142 Å². The van der Waals surface area contributed by atoms with E-state index >= 15 is 0 Å². The molecule has 2 fully saturated rings. The molecule has 0 heterocycles. The number of hydrogen-bond donors (Lipinski definition) is 6. The van der Waals surface area contributed by atoms with Gasteiger partial charge in [0.25, 0.3) is 29.5 Å². The molecule has 0 spiro atoms. The summed E-state index contributed by atoms with van der Waals surface area (Å²) in [5.41, 5.74) is 1.39. The molecule has 2 aliphatic carbocycles. The Kier molecular flexibility index (Phi) is 34.6. The molecule has 5 amide bonds. The van der Waals surface area contributed by atoms with E-state index in [9.17, 15) is 69.4 Å². The summed E-state index contributed by atoms with van der Waals surface area (Å²) < 4.78 is 88.3. The van der Waals surface area contributed by atoms with Gasteiger partial charge in [0.15, 0.2) is 0 Å². The molecule has 39 heteroatoms. The van der Waals surface area contributed by atoms with Crippen LogP contribution < -0.4 is 26.6 Å². The van der Waals surface area contributed by atoms with Gasteiger partial charge in [0, 0.05) is 83.8 Å². The number of esters is 2. The number of ether oxygens (including phenoxy) is 2. The SMILES string of the molecule is O=C(NC1CC(NC(=O)c2c(I)c(I)cc(I)c2C(=O)O)CC(NC(=O)c2cc(I)cc(I)c2I)C1C(=O)OCCS(=O)(=O)[O-])c1cc(I)cc(I)c1I.O=C(NC1CC(NC(=O)c2cc(I)cc(I)c2I)CC(C(=O)OCCS(=O)(=O)[O-])C1)c1cc(I)cc(I)c1I. The van der Waals surface area contributed by atoms with E-state index in [1.54, 1.807) is 30.3 Å². The minimum Gasteiger partial charge on any atom is -0.748 e. The molecule has 6 N–H and O–H groups in total. The van der Waals surface area contributed by atoms with E-state index in [0.717, 1.165) is 35.7 Å². The van der Waals surface area contributed by atoms with Crippen LogP contribution in [0.4, 0.5) is 0 Å². The van der Waals surface area contributed by atoms with Crippen LogP contribution in [0, 0.1) is 65.4 Å². The van der Waals surface area contributed by atoms with Gasteiger partial charge in [-0.3, -0.25) is 33.6 Å². The number of carbonyl (C=O) groups is 8. The first kappa shape index (κ1) is 84.6. The van der Waals surface area contributed by atoms with Crippen molar-refractivity contribution in [2.75, 3.05) is 24.7 Å². The topological polar surface area (TPSA) is 350 Å². The van der Waals surface area contributed by atoms with Crippen molar-refractivity contribution in [3.8, 4) is 0 Å². The van der Waals surface area contributed by atoms with Crippen LogP contribution in [0.2, 0.25) is 0 Å². The fourth-order valence-corrected chi connectivity index (χ4v) is 22.5. The molecule has 0 radical (unpaired) electrons. The maximum Gasteiger partial charge on any atom is 0.337 e. The minimum atomic E-state index is -4.74. The average Bonchev–Trinajstić information content (AvgIpc) is 0.803. The van der Waals surface area contributed by atoms with Crippen LogP contribution in [0.25, 0.3) is 0 Å². The first-order chi connectivity index (χ1) is 43.2. The zero-order chi connectivity index (χ0) is 69.5. The lowest BCUT2D eigenvalue weighted by Gasteiger charge is -2.41. The van der Waals surface area contributed by atoms with E-state index in [-0.39, 0.29) is 48.6 Å². The van der Waals surface area contributed by atoms with Crippen LogP contribution in [-0.2, 0) is 39.3 Å². The Morgan fingerprint density at radius 2 is 0.710 bits per heavy atom. The maximum atomic E-state index is 14.0. The number of aromatic carboxylic acids is 1. The van der Waals surface area contributed by atoms with Gasteiger partial charge in [0.05, 0.1) is 77.0 Å². The molecule has 2 aliphatic rings. The van der Waals surface area contributed by atoms with Gasteiger partial charge in [0.2, 0.25) is 0 Å². The molecule has 4 atom stereocenters. The number of hydrogen-bond acceptors (Lipinski definition) is 16. The number of carboxylic acids is 1. The Labute approximate surface area is 738 Å². The molecule has 0 aromatic heterocycles. The number of rotatable bonds is 19.